The monoisotopic (exact) mass is 1070 g/mol. The molecular weight excluding hydrogens is 991 g/mol. The first-order valence-corrected chi connectivity index (χ1v) is 27.5. The number of ether oxygens (including phenoxy) is 2. The Kier molecular flexibility index (Phi) is 21.5. The number of carbonyl (C=O) groups excluding carboxylic acids is 3. The summed E-state index contributed by atoms with van der Waals surface area (Å²) in [6, 6.07) is 22.8. The van der Waals surface area contributed by atoms with Crippen LogP contribution in [0.15, 0.2) is 84.9 Å². The van der Waals surface area contributed by atoms with Crippen LogP contribution in [-0.2, 0) is 9.59 Å². The largest absolute Gasteiger partial charge is 0.489 e. The number of carboxylic acid groups (broad SMARTS) is 1. The number of aliphatic carboxylic acids is 1. The summed E-state index contributed by atoms with van der Waals surface area (Å²) in [5.41, 5.74) is 9.89. The lowest BCUT2D eigenvalue weighted by molar-refractivity contribution is -0.131. The lowest BCUT2D eigenvalue weighted by atomic mass is 10.0. The predicted octanol–water partition coefficient (Wildman–Crippen LogP) is 8.77. The fraction of sp³-hybridized carbons (Fsp3) is 0.525. The van der Waals surface area contributed by atoms with E-state index in [4.69, 9.17) is 31.9 Å². The number of nitrogens with one attached hydrogen (secondary N) is 1. The summed E-state index contributed by atoms with van der Waals surface area (Å²) in [5.74, 6) is -3.36. The molecule has 4 aromatic rings. The van der Waals surface area contributed by atoms with Crippen LogP contribution in [-0.4, -0.2) is 138 Å². The van der Waals surface area contributed by atoms with Gasteiger partial charge in [0.1, 0.15) is 11.9 Å². The highest BCUT2D eigenvalue weighted by Crippen LogP contribution is 2.35. The number of hydrogen-bond acceptors (Lipinski definition) is 13. The van der Waals surface area contributed by atoms with E-state index in [1.165, 1.54) is 50.7 Å². The van der Waals surface area contributed by atoms with Gasteiger partial charge in [-0.05, 0) is 200 Å². The van der Waals surface area contributed by atoms with Gasteiger partial charge in [-0.3, -0.25) is 14.4 Å². The Hall–Kier alpha value is -5.62. The van der Waals surface area contributed by atoms with Crippen LogP contribution in [0.25, 0.3) is 0 Å². The number of nitrogens with zero attached hydrogens (tertiary/aromatic N) is 4. The van der Waals surface area contributed by atoms with Gasteiger partial charge in [0.2, 0.25) is 5.78 Å². The number of piperidine rings is 2. The number of benzene rings is 4. The van der Waals surface area contributed by atoms with E-state index in [-0.39, 0.29) is 30.9 Å². The zero-order valence-electron chi connectivity index (χ0n) is 42.9. The zero-order chi connectivity index (χ0) is 52.8. The SMILES string of the molecule is C.N[C@H](CN1CCCC1)[C@H](O)c1ccc(OC2CC2)c(Cl)c1.O=C(N[C@H](CN1CCCC1)[C@H](O)c1ccc(OC2CC2)c(F)c1)C(=O)c1ccc(N2CCCCC2)cc1.O=C(O)C(=O)c1ccc(N2CCCCC2)cc1. The zero-order valence-corrected chi connectivity index (χ0v) is 43.7. The molecule has 6 aliphatic rings. The van der Waals surface area contributed by atoms with Gasteiger partial charge in [0.15, 0.2) is 11.6 Å². The van der Waals surface area contributed by atoms with Crippen LogP contribution in [0.3, 0.4) is 0 Å². The number of carboxylic acids is 1. The van der Waals surface area contributed by atoms with Gasteiger partial charge >= 0.3 is 5.97 Å². The Labute approximate surface area is 452 Å². The Morgan fingerprint density at radius 2 is 1.03 bits per heavy atom. The van der Waals surface area contributed by atoms with Crippen LogP contribution in [0.5, 0.6) is 11.5 Å². The van der Waals surface area contributed by atoms with Crippen molar-refractivity contribution >= 4 is 46.4 Å². The van der Waals surface area contributed by atoms with E-state index in [1.807, 2.05) is 36.4 Å². The van der Waals surface area contributed by atoms with E-state index in [2.05, 4.69) is 24.9 Å². The second-order valence-corrected chi connectivity index (χ2v) is 21.2. The summed E-state index contributed by atoms with van der Waals surface area (Å²) in [6.07, 6.45) is 14.3. The molecule has 17 heteroatoms. The van der Waals surface area contributed by atoms with Gasteiger partial charge in [0.25, 0.3) is 11.7 Å². The van der Waals surface area contributed by atoms with Crippen molar-refractivity contribution in [1.29, 1.82) is 0 Å². The third-order valence-corrected chi connectivity index (χ3v) is 15.1. The first-order valence-electron chi connectivity index (χ1n) is 27.1. The van der Waals surface area contributed by atoms with Gasteiger partial charge in [-0.25, -0.2) is 9.18 Å². The van der Waals surface area contributed by atoms with Crippen LogP contribution in [0, 0.1) is 5.82 Å². The minimum atomic E-state index is -1.41. The normalized spacial score (nSPS) is 19.3. The number of Topliss-reactive ketones (excluding diaryl/α,β-unsaturated/α-hetero) is 2. The molecule has 0 spiro atoms. The second-order valence-electron chi connectivity index (χ2n) is 20.8. The summed E-state index contributed by atoms with van der Waals surface area (Å²) >= 11 is 6.23. The highest BCUT2D eigenvalue weighted by atomic mass is 35.5. The number of aliphatic hydroxyl groups excluding tert-OH is 2. The summed E-state index contributed by atoms with van der Waals surface area (Å²) < 4.78 is 25.9. The molecule has 4 aliphatic heterocycles. The molecule has 10 rings (SSSR count). The predicted molar refractivity (Wildman–Crippen MR) is 294 cm³/mol. The number of halogens is 2. The molecule has 6 fully saturated rings. The smallest absolute Gasteiger partial charge is 0.377 e. The quantitative estimate of drug-likeness (QED) is 0.0441. The van der Waals surface area contributed by atoms with E-state index in [1.54, 1.807) is 36.4 Å². The standard InChI is InChI=1S/C29H36FN3O4.C16H23ClN2O2.C13H15NO3.CH4/c30-24-18-21(8-13-26(24)37-23-11-12-23)27(34)25(19-32-14-4-5-15-32)31-29(36)28(35)20-6-9-22(10-7-20)33-16-2-1-3-17-33;17-13-9-11(3-6-15(13)21-12-4-5-12)16(20)14(18)10-19-7-1-2-8-19;15-12(13(16)17)10-4-6-11(7-5-10)14-8-2-1-3-9-14;/h6-10,13,18,23,25,27,34H,1-5,11-12,14-17,19H2,(H,31,36);3,6,9,12,14,16,20H,1-2,4-5,7-8,10,18H2;4-7H,1-3,8-9H2,(H,16,17);1H4/t25-,27-;14-,16-;;/m11../s1. The molecule has 1 amide bonds. The van der Waals surface area contributed by atoms with E-state index in [0.29, 0.717) is 34.5 Å². The van der Waals surface area contributed by atoms with Crippen molar-refractivity contribution < 1.29 is 48.4 Å². The van der Waals surface area contributed by atoms with Crippen molar-refractivity contribution in [3.63, 3.8) is 0 Å². The maximum absolute atomic E-state index is 14.7. The average molecular weight is 1070 g/mol. The van der Waals surface area contributed by atoms with Gasteiger partial charge in [-0.1, -0.05) is 31.2 Å². The molecule has 6 N–H and O–H groups in total. The van der Waals surface area contributed by atoms with E-state index in [0.717, 1.165) is 127 Å². The molecule has 4 aromatic carbocycles. The molecule has 4 atom stereocenters. The number of amides is 1. The first-order chi connectivity index (χ1) is 36.3. The third-order valence-electron chi connectivity index (χ3n) is 14.8. The number of rotatable bonds is 19. The fourth-order valence-corrected chi connectivity index (χ4v) is 10.3. The highest BCUT2D eigenvalue weighted by molar-refractivity contribution is 6.43. The molecule has 0 radical (unpaired) electrons. The summed E-state index contributed by atoms with van der Waals surface area (Å²) in [5, 5.41) is 33.5. The van der Waals surface area contributed by atoms with Gasteiger partial charge in [-0.15, -0.1) is 0 Å². The molecule has 0 bridgehead atoms. The van der Waals surface area contributed by atoms with E-state index >= 15 is 0 Å². The minimum absolute atomic E-state index is 0. The van der Waals surface area contributed by atoms with Crippen LogP contribution >= 0.6 is 11.6 Å². The Morgan fingerprint density at radius 1 is 0.592 bits per heavy atom. The average Bonchev–Trinajstić information content (AvgIpc) is 4.33. The molecule has 2 saturated carbocycles. The number of nitrogens with two attached hydrogens (primary N) is 1. The Bertz CT molecular complexity index is 2520. The molecule has 76 heavy (non-hydrogen) atoms. The van der Waals surface area contributed by atoms with Crippen molar-refractivity contribution in [2.24, 2.45) is 5.73 Å². The van der Waals surface area contributed by atoms with E-state index in [9.17, 15) is 33.8 Å². The lowest BCUT2D eigenvalue weighted by Crippen LogP contribution is -2.48. The van der Waals surface area contributed by atoms with Crippen LogP contribution in [0.4, 0.5) is 15.8 Å². The van der Waals surface area contributed by atoms with Crippen molar-refractivity contribution in [3.8, 4) is 11.5 Å². The number of aliphatic hydroxyl groups is 2. The van der Waals surface area contributed by atoms with Crippen molar-refractivity contribution in [2.75, 3.05) is 75.2 Å². The van der Waals surface area contributed by atoms with Crippen molar-refractivity contribution in [2.45, 2.75) is 134 Å². The molecule has 15 nitrogen and oxygen atoms in total. The topological polar surface area (TPSA) is 198 Å². The minimum Gasteiger partial charge on any atom is -0.489 e. The van der Waals surface area contributed by atoms with Crippen LogP contribution in [0.2, 0.25) is 5.02 Å². The van der Waals surface area contributed by atoms with Gasteiger partial charge in [-0.2, -0.15) is 0 Å². The maximum Gasteiger partial charge on any atom is 0.377 e. The van der Waals surface area contributed by atoms with Crippen LogP contribution < -0.4 is 30.3 Å². The molecule has 2 aliphatic carbocycles. The number of ketones is 2. The Morgan fingerprint density at radius 3 is 1.49 bits per heavy atom. The van der Waals surface area contributed by atoms with E-state index < -0.39 is 47.5 Å². The maximum atomic E-state index is 14.7. The van der Waals surface area contributed by atoms with Gasteiger partial charge in [0.05, 0.1) is 29.4 Å². The second kappa shape index (κ2) is 28.1. The molecule has 4 heterocycles. The first kappa shape index (κ1) is 58.1. The van der Waals surface area contributed by atoms with Gasteiger partial charge in [0, 0.05) is 67.8 Å². The molecule has 0 unspecified atom stereocenters. The fourth-order valence-electron chi connectivity index (χ4n) is 10.1. The summed E-state index contributed by atoms with van der Waals surface area (Å²) in [4.78, 5) is 56.7. The number of anilines is 2. The third kappa shape index (κ3) is 16.7. The number of hydrogen-bond donors (Lipinski definition) is 5. The molecule has 4 saturated heterocycles. The summed E-state index contributed by atoms with van der Waals surface area (Å²) in [7, 11) is 0. The molecular formula is C59H78ClFN6O9. The van der Waals surface area contributed by atoms with Crippen LogP contribution in [0.1, 0.15) is 141 Å². The molecule has 0 aromatic heterocycles. The van der Waals surface area contributed by atoms with Crippen molar-refractivity contribution in [3.05, 3.63) is 118 Å². The number of carbonyl (C=O) groups is 4. The lowest BCUT2D eigenvalue weighted by Gasteiger charge is -2.29. The Balaban J connectivity index is 0.000000182. The number of likely N-dealkylation sites (tertiary alicyclic amines) is 2. The van der Waals surface area contributed by atoms with Gasteiger partial charge < -0.3 is 55.4 Å². The highest BCUT2D eigenvalue weighted by Gasteiger charge is 2.31. The summed E-state index contributed by atoms with van der Waals surface area (Å²) in [6.45, 7) is 9.02. The van der Waals surface area contributed by atoms with Crippen molar-refractivity contribution in [1.82, 2.24) is 15.1 Å². The molecule has 412 valence electrons.